The number of hydrogen-bond donors (Lipinski definition) is 1. The van der Waals surface area contributed by atoms with E-state index in [9.17, 15) is 0 Å². The first-order valence-corrected chi connectivity index (χ1v) is 4.62. The summed E-state index contributed by atoms with van der Waals surface area (Å²) < 4.78 is 1.93. The monoisotopic (exact) mass is 182 g/mol. The van der Waals surface area contributed by atoms with Crippen LogP contribution in [0.5, 0.6) is 0 Å². The van der Waals surface area contributed by atoms with Crippen molar-refractivity contribution in [1.82, 2.24) is 20.0 Å². The van der Waals surface area contributed by atoms with Crippen molar-refractivity contribution in [3.8, 4) is 0 Å². The number of aromatic nitrogens is 2. The highest BCUT2D eigenvalue weighted by atomic mass is 15.3. The second-order valence-electron chi connectivity index (χ2n) is 3.32. The normalized spacial score (nSPS) is 11.0. The first-order valence-electron chi connectivity index (χ1n) is 4.62. The quantitative estimate of drug-likeness (QED) is 0.630. The van der Waals surface area contributed by atoms with Gasteiger partial charge in [0.15, 0.2) is 0 Å². The van der Waals surface area contributed by atoms with Crippen LogP contribution in [0.1, 0.15) is 0 Å². The third-order valence-corrected chi connectivity index (χ3v) is 1.81. The van der Waals surface area contributed by atoms with E-state index in [1.807, 2.05) is 16.9 Å². The van der Waals surface area contributed by atoms with Crippen LogP contribution in [0, 0.1) is 0 Å². The molecular weight excluding hydrogens is 164 g/mol. The van der Waals surface area contributed by atoms with Crippen LogP contribution >= 0.6 is 0 Å². The highest BCUT2D eigenvalue weighted by Crippen LogP contribution is 1.82. The Labute approximate surface area is 79.5 Å². The zero-order valence-electron chi connectivity index (χ0n) is 8.40. The Morgan fingerprint density at radius 1 is 1.38 bits per heavy atom. The van der Waals surface area contributed by atoms with E-state index in [-0.39, 0.29) is 0 Å². The summed E-state index contributed by atoms with van der Waals surface area (Å²) in [5.41, 5.74) is 0. The van der Waals surface area contributed by atoms with E-state index in [0.29, 0.717) is 0 Å². The average Bonchev–Trinajstić information content (AvgIpc) is 2.55. The third-order valence-electron chi connectivity index (χ3n) is 1.81. The molecule has 0 unspecified atom stereocenters. The fraction of sp³-hybridized carbons (Fsp3) is 0.667. The topological polar surface area (TPSA) is 33.1 Å². The Morgan fingerprint density at radius 3 is 2.85 bits per heavy atom. The van der Waals surface area contributed by atoms with Gasteiger partial charge >= 0.3 is 0 Å². The standard InChI is InChI=1S/C9H18N4/c1-12(2)8-5-10-6-9-13-7-3-4-11-13/h3-4,7,10H,5-6,8-9H2,1-2H3. The molecule has 0 aliphatic heterocycles. The summed E-state index contributed by atoms with van der Waals surface area (Å²) in [4.78, 5) is 2.17. The molecule has 4 nitrogen and oxygen atoms in total. The lowest BCUT2D eigenvalue weighted by atomic mass is 10.5. The molecule has 0 bridgehead atoms. The summed E-state index contributed by atoms with van der Waals surface area (Å²) in [7, 11) is 4.16. The van der Waals surface area contributed by atoms with E-state index >= 15 is 0 Å². The van der Waals surface area contributed by atoms with Gasteiger partial charge in [0.25, 0.3) is 0 Å². The summed E-state index contributed by atoms with van der Waals surface area (Å²) in [6, 6.07) is 1.94. The molecule has 0 saturated heterocycles. The summed E-state index contributed by atoms with van der Waals surface area (Å²) in [5.74, 6) is 0. The minimum atomic E-state index is 0.945. The third kappa shape index (κ3) is 4.65. The molecule has 0 aliphatic rings. The Bertz CT molecular complexity index is 205. The first kappa shape index (κ1) is 10.2. The number of nitrogens with zero attached hydrogens (tertiary/aromatic N) is 3. The molecule has 4 heteroatoms. The van der Waals surface area contributed by atoms with Crippen molar-refractivity contribution < 1.29 is 0 Å². The summed E-state index contributed by atoms with van der Waals surface area (Å²) in [5, 5.41) is 7.47. The van der Waals surface area contributed by atoms with Gasteiger partial charge in [0.05, 0.1) is 6.54 Å². The number of hydrogen-bond acceptors (Lipinski definition) is 3. The molecule has 13 heavy (non-hydrogen) atoms. The molecule has 0 radical (unpaired) electrons. The van der Waals surface area contributed by atoms with Crippen molar-refractivity contribution in [2.75, 3.05) is 33.7 Å². The highest BCUT2D eigenvalue weighted by Gasteiger charge is 1.91. The lowest BCUT2D eigenvalue weighted by molar-refractivity contribution is 0.396. The predicted octanol–water partition coefficient (Wildman–Crippen LogP) is 0.0343. The van der Waals surface area contributed by atoms with E-state index in [1.54, 1.807) is 6.20 Å². The molecule has 0 aromatic carbocycles. The lowest BCUT2D eigenvalue weighted by Crippen LogP contribution is -2.28. The van der Waals surface area contributed by atoms with Gasteiger partial charge in [-0.2, -0.15) is 5.10 Å². The van der Waals surface area contributed by atoms with Crippen molar-refractivity contribution in [2.24, 2.45) is 0 Å². The van der Waals surface area contributed by atoms with Crippen LogP contribution < -0.4 is 5.32 Å². The maximum atomic E-state index is 4.12. The highest BCUT2D eigenvalue weighted by molar-refractivity contribution is 4.77. The molecule has 1 aromatic heterocycles. The SMILES string of the molecule is CN(C)CCNCCn1cccn1. The predicted molar refractivity (Wildman–Crippen MR) is 53.7 cm³/mol. The Kier molecular flexibility index (Phi) is 4.49. The molecule has 0 atom stereocenters. The van der Waals surface area contributed by atoms with E-state index in [4.69, 9.17) is 0 Å². The van der Waals surface area contributed by atoms with E-state index in [2.05, 4.69) is 29.4 Å². The molecule has 0 fully saturated rings. The largest absolute Gasteiger partial charge is 0.314 e. The van der Waals surface area contributed by atoms with Crippen LogP contribution in [-0.4, -0.2) is 48.4 Å². The van der Waals surface area contributed by atoms with Crippen LogP contribution in [0.3, 0.4) is 0 Å². The van der Waals surface area contributed by atoms with Crippen LogP contribution in [0.4, 0.5) is 0 Å². The van der Waals surface area contributed by atoms with Crippen molar-refractivity contribution in [3.63, 3.8) is 0 Å². The average molecular weight is 182 g/mol. The van der Waals surface area contributed by atoms with Gasteiger partial charge in [-0.1, -0.05) is 0 Å². The fourth-order valence-corrected chi connectivity index (χ4v) is 1.05. The van der Waals surface area contributed by atoms with Crippen LogP contribution in [0.25, 0.3) is 0 Å². The number of nitrogens with one attached hydrogen (secondary N) is 1. The second kappa shape index (κ2) is 5.72. The maximum absolute atomic E-state index is 4.12. The number of rotatable bonds is 6. The Morgan fingerprint density at radius 2 is 2.23 bits per heavy atom. The molecule has 0 spiro atoms. The van der Waals surface area contributed by atoms with Gasteiger partial charge in [-0.3, -0.25) is 4.68 Å². The smallest absolute Gasteiger partial charge is 0.0533 e. The number of likely N-dealkylation sites (N-methyl/N-ethyl adjacent to an activating group) is 1. The molecule has 1 N–H and O–H groups in total. The molecule has 0 aliphatic carbocycles. The maximum Gasteiger partial charge on any atom is 0.0533 e. The van der Waals surface area contributed by atoms with Gasteiger partial charge in [-0.25, -0.2) is 0 Å². The van der Waals surface area contributed by atoms with Crippen molar-refractivity contribution in [3.05, 3.63) is 18.5 Å². The molecule has 0 saturated carbocycles. The van der Waals surface area contributed by atoms with Gasteiger partial charge in [0.1, 0.15) is 0 Å². The first-order chi connectivity index (χ1) is 6.29. The van der Waals surface area contributed by atoms with Crippen LogP contribution in [0.15, 0.2) is 18.5 Å². The molecule has 1 rings (SSSR count). The summed E-state index contributed by atoms with van der Waals surface area (Å²) in [6.07, 6.45) is 3.79. The van der Waals surface area contributed by atoms with E-state index in [0.717, 1.165) is 26.2 Å². The van der Waals surface area contributed by atoms with Gasteiger partial charge in [-0.15, -0.1) is 0 Å². The van der Waals surface area contributed by atoms with E-state index in [1.165, 1.54) is 0 Å². The van der Waals surface area contributed by atoms with E-state index < -0.39 is 0 Å². The molecule has 1 aromatic rings. The second-order valence-corrected chi connectivity index (χ2v) is 3.32. The van der Waals surface area contributed by atoms with Crippen molar-refractivity contribution in [1.29, 1.82) is 0 Å². The van der Waals surface area contributed by atoms with Gasteiger partial charge in [0.2, 0.25) is 0 Å². The molecular formula is C9H18N4. The van der Waals surface area contributed by atoms with Crippen molar-refractivity contribution >= 4 is 0 Å². The Hall–Kier alpha value is -0.870. The van der Waals surface area contributed by atoms with Gasteiger partial charge in [-0.05, 0) is 20.2 Å². The Balaban J connectivity index is 1.96. The molecule has 0 amide bonds. The zero-order chi connectivity index (χ0) is 9.52. The fourth-order valence-electron chi connectivity index (χ4n) is 1.05. The summed E-state index contributed by atoms with van der Waals surface area (Å²) in [6.45, 7) is 4.04. The van der Waals surface area contributed by atoms with Gasteiger partial charge < -0.3 is 10.2 Å². The molecule has 74 valence electrons. The van der Waals surface area contributed by atoms with Crippen LogP contribution in [0.2, 0.25) is 0 Å². The minimum absolute atomic E-state index is 0.945. The zero-order valence-corrected chi connectivity index (χ0v) is 8.40. The summed E-state index contributed by atoms with van der Waals surface area (Å²) >= 11 is 0. The van der Waals surface area contributed by atoms with Crippen LogP contribution in [-0.2, 0) is 6.54 Å². The minimum Gasteiger partial charge on any atom is -0.314 e. The molecule has 1 heterocycles. The van der Waals surface area contributed by atoms with Gasteiger partial charge in [0, 0.05) is 32.0 Å². The van der Waals surface area contributed by atoms with Crippen molar-refractivity contribution in [2.45, 2.75) is 6.54 Å². The lowest BCUT2D eigenvalue weighted by Gasteiger charge is -2.10.